The lowest BCUT2D eigenvalue weighted by molar-refractivity contribution is -0.140. The minimum absolute atomic E-state index is 0.0110. The maximum Gasteiger partial charge on any atom is 0.269 e. The van der Waals surface area contributed by atoms with Crippen LogP contribution in [0.5, 0.6) is 0 Å². The van der Waals surface area contributed by atoms with E-state index in [-0.39, 0.29) is 35.0 Å². The van der Waals surface area contributed by atoms with Gasteiger partial charge < -0.3 is 16.0 Å². The largest absolute Gasteiger partial charge is 0.364 e. The van der Waals surface area contributed by atoms with Crippen molar-refractivity contribution in [1.82, 2.24) is 20.0 Å². The highest BCUT2D eigenvalue weighted by atomic mass is 19.2. The molecule has 3 amide bonds. The van der Waals surface area contributed by atoms with E-state index in [1.165, 1.54) is 4.90 Å². The Balaban J connectivity index is 1.21. The van der Waals surface area contributed by atoms with Crippen LogP contribution in [0.1, 0.15) is 35.3 Å². The molecule has 186 valence electrons. The summed E-state index contributed by atoms with van der Waals surface area (Å²) in [5.41, 5.74) is 3.94. The Morgan fingerprint density at radius 2 is 1.83 bits per heavy atom. The van der Waals surface area contributed by atoms with Crippen molar-refractivity contribution in [3.8, 4) is 0 Å². The molecule has 3 aromatic rings. The third kappa shape index (κ3) is 3.52. The summed E-state index contributed by atoms with van der Waals surface area (Å²) in [6.45, 7) is -0.400. The van der Waals surface area contributed by atoms with Crippen molar-refractivity contribution >= 4 is 28.6 Å². The molecule has 0 bridgehead atoms. The lowest BCUT2D eigenvalue weighted by Gasteiger charge is -2.27. The van der Waals surface area contributed by atoms with Crippen LogP contribution >= 0.6 is 0 Å². The molecule has 1 aromatic heterocycles. The number of rotatable bonds is 6. The molecular formula is C25H22F3N5O3. The van der Waals surface area contributed by atoms with Crippen LogP contribution < -0.4 is 11.1 Å². The number of hydrogen-bond acceptors (Lipinski definition) is 4. The van der Waals surface area contributed by atoms with E-state index >= 15 is 4.39 Å². The van der Waals surface area contributed by atoms with Crippen LogP contribution in [0, 0.1) is 17.6 Å². The van der Waals surface area contributed by atoms with Crippen LogP contribution in [0.25, 0.3) is 10.9 Å². The molecule has 2 unspecified atom stereocenters. The SMILES string of the molecule is NC(=O)c1nn(CC(=O)N2[C@@H]3C[C@@H]3C[C@H]2C(=O)NC2CC2(F)c2ccccc2)c2cc(F)c(F)cc12. The number of primary amides is 1. The molecule has 1 saturated heterocycles. The lowest BCUT2D eigenvalue weighted by atomic mass is 10.1. The Bertz CT molecular complexity index is 1430. The van der Waals surface area contributed by atoms with Gasteiger partial charge in [-0.3, -0.25) is 19.1 Å². The number of fused-ring (bicyclic) bond motifs is 2. The van der Waals surface area contributed by atoms with Crippen molar-refractivity contribution in [2.45, 2.75) is 49.6 Å². The number of amides is 3. The van der Waals surface area contributed by atoms with Crippen molar-refractivity contribution in [3.63, 3.8) is 0 Å². The Morgan fingerprint density at radius 3 is 2.56 bits per heavy atom. The van der Waals surface area contributed by atoms with E-state index < -0.39 is 53.7 Å². The molecular weight excluding hydrogens is 475 g/mol. The second-order valence-electron chi connectivity index (χ2n) is 9.76. The van der Waals surface area contributed by atoms with Gasteiger partial charge in [0.15, 0.2) is 23.0 Å². The third-order valence-corrected chi connectivity index (χ3v) is 7.47. The highest BCUT2D eigenvalue weighted by Crippen LogP contribution is 2.51. The van der Waals surface area contributed by atoms with Crippen LogP contribution in [-0.2, 0) is 21.8 Å². The zero-order valence-corrected chi connectivity index (χ0v) is 19.0. The van der Waals surface area contributed by atoms with Crippen molar-refractivity contribution in [2.75, 3.05) is 0 Å². The van der Waals surface area contributed by atoms with Crippen LogP contribution in [0.2, 0.25) is 0 Å². The average Bonchev–Trinajstić information content (AvgIpc) is 3.67. The summed E-state index contributed by atoms with van der Waals surface area (Å²) in [7, 11) is 0. The quantitative estimate of drug-likeness (QED) is 0.544. The standard InChI is InChI=1S/C25H22F3N5O3/c26-15-8-14-18(9-16(15)27)32(31-22(14)23(29)35)11-21(34)33-17-6-12(17)7-19(33)24(36)30-20-10-25(20,28)13-4-2-1-3-5-13/h1-5,8-9,12,17,19-20H,6-7,10-11H2,(H2,29,35)(H,30,36)/t12-,17-,19+,20?,25?/m1/s1. The molecule has 3 fully saturated rings. The summed E-state index contributed by atoms with van der Waals surface area (Å²) in [6.07, 6.45) is 1.38. The van der Waals surface area contributed by atoms with Gasteiger partial charge in [0, 0.05) is 23.9 Å². The van der Waals surface area contributed by atoms with Crippen LogP contribution in [0.4, 0.5) is 13.2 Å². The summed E-state index contributed by atoms with van der Waals surface area (Å²) in [5.74, 6) is -3.99. The fourth-order valence-electron chi connectivity index (χ4n) is 5.44. The van der Waals surface area contributed by atoms with E-state index in [2.05, 4.69) is 10.4 Å². The first kappa shape index (κ1) is 22.6. The minimum Gasteiger partial charge on any atom is -0.364 e. The monoisotopic (exact) mass is 497 g/mol. The molecule has 8 nitrogen and oxygen atoms in total. The van der Waals surface area contributed by atoms with Gasteiger partial charge in [-0.1, -0.05) is 30.3 Å². The number of carbonyl (C=O) groups excluding carboxylic acids is 3. The van der Waals surface area contributed by atoms with Gasteiger partial charge >= 0.3 is 0 Å². The number of halogens is 3. The number of nitrogens with two attached hydrogens (primary N) is 1. The molecule has 0 radical (unpaired) electrons. The van der Waals surface area contributed by atoms with Crippen molar-refractivity contribution in [2.24, 2.45) is 11.7 Å². The molecule has 3 aliphatic rings. The van der Waals surface area contributed by atoms with E-state index in [0.717, 1.165) is 23.2 Å². The third-order valence-electron chi connectivity index (χ3n) is 7.47. The van der Waals surface area contributed by atoms with Gasteiger partial charge in [-0.05, 0) is 30.4 Å². The Kier molecular flexibility index (Phi) is 4.89. The Morgan fingerprint density at radius 1 is 1.11 bits per heavy atom. The molecule has 0 spiro atoms. The fraction of sp³-hybridized carbons (Fsp3) is 0.360. The van der Waals surface area contributed by atoms with Gasteiger partial charge in [-0.25, -0.2) is 13.2 Å². The number of hydrogen-bond donors (Lipinski definition) is 2. The first-order valence-electron chi connectivity index (χ1n) is 11.7. The normalized spacial score (nSPS) is 28.1. The molecule has 5 atom stereocenters. The summed E-state index contributed by atoms with van der Waals surface area (Å²) < 4.78 is 44.0. The number of nitrogens with zero attached hydrogens (tertiary/aromatic N) is 3. The molecule has 11 heteroatoms. The molecule has 36 heavy (non-hydrogen) atoms. The zero-order chi connectivity index (χ0) is 25.4. The first-order chi connectivity index (χ1) is 17.2. The predicted molar refractivity (Wildman–Crippen MR) is 121 cm³/mol. The summed E-state index contributed by atoms with van der Waals surface area (Å²) in [6, 6.07) is 8.72. The van der Waals surface area contributed by atoms with Crippen LogP contribution in [-0.4, -0.2) is 50.5 Å². The van der Waals surface area contributed by atoms with E-state index in [1.807, 2.05) is 0 Å². The number of nitrogens with one attached hydrogen (secondary N) is 1. The van der Waals surface area contributed by atoms with Crippen LogP contribution in [0.15, 0.2) is 42.5 Å². The highest BCUT2D eigenvalue weighted by molar-refractivity contribution is 6.04. The fourth-order valence-corrected chi connectivity index (χ4v) is 5.44. The summed E-state index contributed by atoms with van der Waals surface area (Å²) >= 11 is 0. The van der Waals surface area contributed by atoms with E-state index in [9.17, 15) is 23.2 Å². The molecule has 2 saturated carbocycles. The highest BCUT2D eigenvalue weighted by Gasteiger charge is 2.60. The molecule has 3 N–H and O–H groups in total. The summed E-state index contributed by atoms with van der Waals surface area (Å²) in [4.78, 5) is 39.7. The van der Waals surface area contributed by atoms with Gasteiger partial charge in [-0.15, -0.1) is 0 Å². The molecule has 6 rings (SSSR count). The molecule has 2 aromatic carbocycles. The van der Waals surface area contributed by atoms with Gasteiger partial charge in [0.25, 0.3) is 5.91 Å². The van der Waals surface area contributed by atoms with Gasteiger partial charge in [0.2, 0.25) is 11.8 Å². The number of aromatic nitrogens is 2. The van der Waals surface area contributed by atoms with Crippen molar-refractivity contribution in [3.05, 3.63) is 65.4 Å². The first-order valence-corrected chi connectivity index (χ1v) is 11.7. The Hall–Kier alpha value is -3.89. The number of benzene rings is 2. The summed E-state index contributed by atoms with van der Waals surface area (Å²) in [5, 5.41) is 6.76. The van der Waals surface area contributed by atoms with Gasteiger partial charge in [0.1, 0.15) is 12.6 Å². The van der Waals surface area contributed by atoms with E-state index in [1.54, 1.807) is 30.3 Å². The smallest absolute Gasteiger partial charge is 0.269 e. The second-order valence-corrected chi connectivity index (χ2v) is 9.76. The predicted octanol–water partition coefficient (Wildman–Crippen LogP) is 2.16. The lowest BCUT2D eigenvalue weighted by Crippen LogP contribution is -2.50. The number of alkyl halides is 1. The minimum atomic E-state index is -1.63. The maximum absolute atomic E-state index is 15.2. The molecule has 1 aliphatic heterocycles. The molecule has 2 aliphatic carbocycles. The van der Waals surface area contributed by atoms with Gasteiger partial charge in [-0.2, -0.15) is 5.10 Å². The zero-order valence-electron chi connectivity index (χ0n) is 19.0. The number of piperidine rings is 1. The Labute approximate surface area is 203 Å². The number of likely N-dealkylation sites (tertiary alicyclic amines) is 1. The van der Waals surface area contributed by atoms with Gasteiger partial charge in [0.05, 0.1) is 11.6 Å². The number of carbonyl (C=O) groups is 3. The van der Waals surface area contributed by atoms with Crippen molar-refractivity contribution in [1.29, 1.82) is 0 Å². The topological polar surface area (TPSA) is 110 Å². The molecule has 2 heterocycles. The van der Waals surface area contributed by atoms with Crippen molar-refractivity contribution < 1.29 is 27.6 Å². The second kappa shape index (κ2) is 7.81. The van der Waals surface area contributed by atoms with E-state index in [4.69, 9.17) is 5.73 Å². The van der Waals surface area contributed by atoms with E-state index in [0.29, 0.717) is 12.0 Å². The maximum atomic E-state index is 15.2. The van der Waals surface area contributed by atoms with Crippen LogP contribution in [0.3, 0.4) is 0 Å². The average molecular weight is 497 g/mol.